The first-order chi connectivity index (χ1) is 40.0. The molecule has 0 saturated carbocycles. The van der Waals surface area contributed by atoms with Crippen molar-refractivity contribution in [2.24, 2.45) is 0 Å². The van der Waals surface area contributed by atoms with Gasteiger partial charge in [-0.25, -0.2) is 0 Å². The molecule has 0 rings (SSSR count). The third-order valence-electron chi connectivity index (χ3n) is 14.0. The van der Waals surface area contributed by atoms with Gasteiger partial charge in [0.25, 0.3) is 7.82 Å². The normalized spacial score (nSPS) is 14.0. The number of likely N-dealkylation sites (N-methyl/N-ethyl adjacent to an activating group) is 1. The molecule has 10 heteroatoms. The van der Waals surface area contributed by atoms with Crippen molar-refractivity contribution in [3.8, 4) is 0 Å². The third kappa shape index (κ3) is 65.6. The number of esters is 2. The van der Waals surface area contributed by atoms with Crippen molar-refractivity contribution in [1.82, 2.24) is 0 Å². The number of ether oxygens (including phenoxy) is 2. The number of hydrogen-bond acceptors (Lipinski definition) is 8. The molecule has 0 aromatic carbocycles. The van der Waals surface area contributed by atoms with E-state index < -0.39 is 32.5 Å². The van der Waals surface area contributed by atoms with Crippen LogP contribution in [0.3, 0.4) is 0 Å². The number of carbonyl (C=O) groups excluding carboxylic acids is 2. The summed E-state index contributed by atoms with van der Waals surface area (Å²) in [6, 6.07) is 0. The predicted molar refractivity (Wildman–Crippen MR) is 351 cm³/mol. The van der Waals surface area contributed by atoms with Gasteiger partial charge in [0.15, 0.2) is 6.10 Å². The van der Waals surface area contributed by atoms with E-state index in [0.717, 1.165) is 109 Å². The van der Waals surface area contributed by atoms with Crippen molar-refractivity contribution in [2.45, 2.75) is 277 Å². The summed E-state index contributed by atoms with van der Waals surface area (Å²) >= 11 is 0. The van der Waals surface area contributed by atoms with E-state index in [0.29, 0.717) is 17.4 Å². The lowest BCUT2D eigenvalue weighted by atomic mass is 10.0. The molecule has 9 nitrogen and oxygen atoms in total. The molecule has 0 heterocycles. The van der Waals surface area contributed by atoms with Crippen LogP contribution in [0.4, 0.5) is 0 Å². The Labute approximate surface area is 505 Å². The second kappa shape index (κ2) is 62.0. The monoisotopic (exact) mass is 1160 g/mol. The van der Waals surface area contributed by atoms with Gasteiger partial charge in [-0.1, -0.05) is 270 Å². The summed E-state index contributed by atoms with van der Waals surface area (Å²) in [5.41, 5.74) is 0. The van der Waals surface area contributed by atoms with Gasteiger partial charge < -0.3 is 27.9 Å². The van der Waals surface area contributed by atoms with E-state index in [1.807, 2.05) is 21.1 Å². The molecule has 0 bridgehead atoms. The molecule has 0 spiro atoms. The molecule has 0 fully saturated rings. The molecule has 0 aromatic heterocycles. The minimum Gasteiger partial charge on any atom is -0.756 e. The lowest BCUT2D eigenvalue weighted by molar-refractivity contribution is -0.870. The zero-order chi connectivity index (χ0) is 59.8. The molecule has 0 N–H and O–H groups in total. The quantitative estimate of drug-likeness (QED) is 0.0195. The fourth-order valence-corrected chi connectivity index (χ4v) is 9.61. The van der Waals surface area contributed by atoms with Crippen LogP contribution in [0, 0.1) is 0 Å². The highest BCUT2D eigenvalue weighted by Crippen LogP contribution is 2.38. The first-order valence-electron chi connectivity index (χ1n) is 33.2. The van der Waals surface area contributed by atoms with E-state index in [-0.39, 0.29) is 26.1 Å². The highest BCUT2D eigenvalue weighted by atomic mass is 31.2. The molecule has 0 aromatic rings. The molecule has 470 valence electrons. The van der Waals surface area contributed by atoms with Crippen LogP contribution in [0.2, 0.25) is 0 Å². The highest BCUT2D eigenvalue weighted by Gasteiger charge is 2.22. The number of rotatable bonds is 60. The van der Waals surface area contributed by atoms with Crippen LogP contribution in [-0.2, 0) is 32.7 Å². The minimum absolute atomic E-state index is 0.0357. The number of allylic oxidation sites excluding steroid dienone is 20. The number of phosphoric ester groups is 1. The molecule has 82 heavy (non-hydrogen) atoms. The Hall–Kier alpha value is -3.59. The smallest absolute Gasteiger partial charge is 0.306 e. The number of hydrogen-bond donors (Lipinski definition) is 0. The summed E-state index contributed by atoms with van der Waals surface area (Å²) in [7, 11) is 1.16. The zero-order valence-corrected chi connectivity index (χ0v) is 54.3. The van der Waals surface area contributed by atoms with Gasteiger partial charge in [0.05, 0.1) is 27.7 Å². The first-order valence-corrected chi connectivity index (χ1v) is 34.7. The Kier molecular flexibility index (Phi) is 59.2. The van der Waals surface area contributed by atoms with Gasteiger partial charge in [0.1, 0.15) is 19.8 Å². The SMILES string of the molecule is CC/C=C\C/C=C\C/C=C\C/C=C\C/C=C\C/C=C\C/C=C\C/C=C\CCCCCCCCCCCCCCCCCCC(=O)OC(COC(=O)CCCCCCCCC/C=C\C/C=C\CCCCC)COP(=O)([O-])OCC[N+](C)(C)C. The second-order valence-corrected chi connectivity index (χ2v) is 24.5. The molecule has 0 aliphatic carbocycles. The average Bonchev–Trinajstić information content (AvgIpc) is 3.45. The molecule has 2 atom stereocenters. The summed E-state index contributed by atoms with van der Waals surface area (Å²) in [4.78, 5) is 37.9. The van der Waals surface area contributed by atoms with E-state index >= 15 is 0 Å². The Morgan fingerprint density at radius 2 is 0.695 bits per heavy atom. The maximum absolute atomic E-state index is 12.8. The van der Waals surface area contributed by atoms with E-state index in [1.165, 1.54) is 128 Å². The topological polar surface area (TPSA) is 111 Å². The van der Waals surface area contributed by atoms with Gasteiger partial charge in [-0.2, -0.15) is 0 Å². The van der Waals surface area contributed by atoms with Gasteiger partial charge in [-0.3, -0.25) is 14.2 Å². The molecular weight excluding hydrogens is 1040 g/mol. The van der Waals surface area contributed by atoms with Gasteiger partial charge in [0, 0.05) is 12.8 Å². The van der Waals surface area contributed by atoms with Crippen LogP contribution in [0.5, 0.6) is 0 Å². The first kappa shape index (κ1) is 78.4. The number of nitrogens with zero attached hydrogens (tertiary/aromatic N) is 1. The van der Waals surface area contributed by atoms with Crippen LogP contribution in [0.25, 0.3) is 0 Å². The summed E-state index contributed by atoms with van der Waals surface area (Å²) < 4.78 is 34.2. The Morgan fingerprint density at radius 3 is 1.04 bits per heavy atom. The van der Waals surface area contributed by atoms with Gasteiger partial charge in [-0.15, -0.1) is 0 Å². The Morgan fingerprint density at radius 1 is 0.390 bits per heavy atom. The van der Waals surface area contributed by atoms with Gasteiger partial charge in [-0.05, 0) is 109 Å². The number of quaternary nitrogens is 1. The molecular formula is C72H124NO8P. The van der Waals surface area contributed by atoms with E-state index in [2.05, 4.69) is 135 Å². The lowest BCUT2D eigenvalue weighted by Crippen LogP contribution is -2.37. The number of phosphoric acid groups is 1. The summed E-state index contributed by atoms with van der Waals surface area (Å²) in [6.07, 6.45) is 88.4. The largest absolute Gasteiger partial charge is 0.756 e. The van der Waals surface area contributed by atoms with Gasteiger partial charge in [0.2, 0.25) is 0 Å². The minimum atomic E-state index is -4.64. The van der Waals surface area contributed by atoms with Crippen LogP contribution in [-0.4, -0.2) is 70.0 Å². The van der Waals surface area contributed by atoms with Crippen molar-refractivity contribution in [3.63, 3.8) is 0 Å². The van der Waals surface area contributed by atoms with Crippen molar-refractivity contribution in [3.05, 3.63) is 122 Å². The van der Waals surface area contributed by atoms with Crippen LogP contribution in [0.15, 0.2) is 122 Å². The Bertz CT molecular complexity index is 1800. The Balaban J connectivity index is 4.01. The predicted octanol–water partition coefficient (Wildman–Crippen LogP) is 20.9. The molecule has 0 aliphatic rings. The molecule has 0 radical (unpaired) electrons. The van der Waals surface area contributed by atoms with Crippen molar-refractivity contribution in [2.75, 3.05) is 47.5 Å². The summed E-state index contributed by atoms with van der Waals surface area (Å²) in [6.45, 7) is 4.10. The number of carbonyl (C=O) groups is 2. The summed E-state index contributed by atoms with van der Waals surface area (Å²) in [5, 5.41) is 0. The second-order valence-electron chi connectivity index (χ2n) is 23.1. The van der Waals surface area contributed by atoms with Crippen molar-refractivity contribution >= 4 is 19.8 Å². The number of unbranched alkanes of at least 4 members (excludes halogenated alkanes) is 26. The lowest BCUT2D eigenvalue weighted by Gasteiger charge is -2.28. The van der Waals surface area contributed by atoms with Crippen molar-refractivity contribution < 1.29 is 42.1 Å². The molecule has 0 amide bonds. The molecule has 0 saturated heterocycles. The maximum atomic E-state index is 12.8. The summed E-state index contributed by atoms with van der Waals surface area (Å²) in [5.74, 6) is -0.841. The highest BCUT2D eigenvalue weighted by molar-refractivity contribution is 7.45. The average molecular weight is 1160 g/mol. The van der Waals surface area contributed by atoms with Crippen LogP contribution in [0.1, 0.15) is 271 Å². The fourth-order valence-electron chi connectivity index (χ4n) is 8.88. The third-order valence-corrected chi connectivity index (χ3v) is 14.9. The zero-order valence-electron chi connectivity index (χ0n) is 53.4. The van der Waals surface area contributed by atoms with Crippen LogP contribution >= 0.6 is 7.82 Å². The molecule has 0 aliphatic heterocycles. The standard InChI is InChI=1S/C72H124NO8P/c1-6-8-10-12-14-16-18-20-22-24-25-26-27-28-29-30-31-32-33-34-35-36-37-38-39-40-41-42-43-44-45-46-47-49-51-53-55-57-59-61-63-65-72(75)81-70(69-80-82(76,77)79-67-66-73(3,4)5)68-78-71(74)64-62-60-58-56-54-52-50-48-23-21-19-17-15-13-11-9-7-2/h8,10,14-17,20-23,25-26,28-29,31-32,34-35,37-38,70H,6-7,9,11-13,18-19,24,27,30,33,36,39-69H2,1-5H3/b10-8-,16-14-,17-15-,22-20-,23-21-,26-25-,29-28-,32-31-,35-34-,38-37-. The molecule has 2 unspecified atom stereocenters. The fraction of sp³-hybridized carbons (Fsp3) is 0.694. The maximum Gasteiger partial charge on any atom is 0.306 e. The van der Waals surface area contributed by atoms with Crippen LogP contribution < -0.4 is 4.89 Å². The van der Waals surface area contributed by atoms with E-state index in [4.69, 9.17) is 18.5 Å². The van der Waals surface area contributed by atoms with E-state index in [1.54, 1.807) is 0 Å². The van der Waals surface area contributed by atoms with E-state index in [9.17, 15) is 19.0 Å². The van der Waals surface area contributed by atoms with Crippen molar-refractivity contribution in [1.29, 1.82) is 0 Å². The van der Waals surface area contributed by atoms with Gasteiger partial charge >= 0.3 is 11.9 Å².